The molecular formula is C12H24N2O. The van der Waals surface area contributed by atoms with Crippen LogP contribution >= 0.6 is 0 Å². The molecule has 15 heavy (non-hydrogen) atoms. The Morgan fingerprint density at radius 3 is 2.33 bits per heavy atom. The van der Waals surface area contributed by atoms with E-state index in [1.54, 1.807) is 0 Å². The van der Waals surface area contributed by atoms with Crippen molar-refractivity contribution in [2.24, 2.45) is 11.8 Å². The molecule has 0 bridgehead atoms. The zero-order valence-corrected chi connectivity index (χ0v) is 10.3. The third-order valence-electron chi connectivity index (χ3n) is 3.56. The van der Waals surface area contributed by atoms with Gasteiger partial charge in [0.25, 0.3) is 0 Å². The van der Waals surface area contributed by atoms with Crippen molar-refractivity contribution in [3.05, 3.63) is 0 Å². The Kier molecular flexibility index (Phi) is 5.09. The van der Waals surface area contributed by atoms with Crippen molar-refractivity contribution in [2.75, 3.05) is 26.2 Å². The lowest BCUT2D eigenvalue weighted by molar-refractivity contribution is -0.136. The van der Waals surface area contributed by atoms with E-state index in [4.69, 9.17) is 0 Å². The van der Waals surface area contributed by atoms with Gasteiger partial charge in [-0.1, -0.05) is 6.92 Å². The van der Waals surface area contributed by atoms with Crippen LogP contribution < -0.4 is 5.32 Å². The highest BCUT2D eigenvalue weighted by Crippen LogP contribution is 2.23. The van der Waals surface area contributed by atoms with Gasteiger partial charge in [-0.05, 0) is 45.7 Å². The second kappa shape index (κ2) is 6.11. The van der Waals surface area contributed by atoms with E-state index in [1.807, 2.05) is 4.90 Å². The van der Waals surface area contributed by atoms with Gasteiger partial charge in [0.15, 0.2) is 0 Å². The van der Waals surface area contributed by atoms with Crippen molar-refractivity contribution in [3.8, 4) is 0 Å². The third-order valence-corrected chi connectivity index (χ3v) is 3.56. The smallest absolute Gasteiger partial charge is 0.225 e. The Labute approximate surface area is 93.2 Å². The molecule has 0 aromatic rings. The predicted octanol–water partition coefficient (Wildman–Crippen LogP) is 1.49. The maximum atomic E-state index is 12.1. The Hall–Kier alpha value is -0.570. The lowest BCUT2D eigenvalue weighted by Gasteiger charge is -2.31. The molecule has 88 valence electrons. The molecule has 3 nitrogen and oxygen atoms in total. The summed E-state index contributed by atoms with van der Waals surface area (Å²) in [6.45, 7) is 10.0. The summed E-state index contributed by atoms with van der Waals surface area (Å²) in [6, 6.07) is 0. The number of rotatable bonds is 4. The second-order valence-corrected chi connectivity index (χ2v) is 4.39. The molecule has 0 aromatic carbocycles. The maximum absolute atomic E-state index is 12.1. The molecule has 1 aliphatic heterocycles. The van der Waals surface area contributed by atoms with Crippen molar-refractivity contribution in [2.45, 2.75) is 33.6 Å². The molecule has 0 radical (unpaired) electrons. The van der Waals surface area contributed by atoms with Crippen LogP contribution in [-0.4, -0.2) is 37.0 Å². The van der Waals surface area contributed by atoms with Crippen LogP contribution in [0.15, 0.2) is 0 Å². The molecule has 0 aliphatic carbocycles. The normalized spacial score (nSPS) is 19.9. The molecule has 1 saturated heterocycles. The molecule has 3 heteroatoms. The summed E-state index contributed by atoms with van der Waals surface area (Å²) in [6.07, 6.45) is 2.29. The van der Waals surface area contributed by atoms with E-state index in [1.165, 1.54) is 0 Å². The largest absolute Gasteiger partial charge is 0.343 e. The lowest BCUT2D eigenvalue weighted by atomic mass is 9.85. The minimum Gasteiger partial charge on any atom is -0.343 e. The Morgan fingerprint density at radius 1 is 1.33 bits per heavy atom. The van der Waals surface area contributed by atoms with Crippen molar-refractivity contribution < 1.29 is 4.79 Å². The van der Waals surface area contributed by atoms with E-state index < -0.39 is 0 Å². The molecule has 1 heterocycles. The first-order valence-corrected chi connectivity index (χ1v) is 6.20. The van der Waals surface area contributed by atoms with Gasteiger partial charge in [0.2, 0.25) is 5.91 Å². The first-order chi connectivity index (χ1) is 7.20. The monoisotopic (exact) mass is 212 g/mol. The number of amides is 1. The van der Waals surface area contributed by atoms with Crippen LogP contribution in [0.5, 0.6) is 0 Å². The zero-order chi connectivity index (χ0) is 11.3. The summed E-state index contributed by atoms with van der Waals surface area (Å²) in [4.78, 5) is 14.1. The van der Waals surface area contributed by atoms with Gasteiger partial charge in [0.05, 0.1) is 0 Å². The SMILES string of the molecule is CCN(CC)C(=O)C(C)C1CCNCC1. The molecule has 1 unspecified atom stereocenters. The number of carbonyl (C=O) groups excluding carboxylic acids is 1. The first kappa shape index (κ1) is 12.5. The van der Waals surface area contributed by atoms with Gasteiger partial charge >= 0.3 is 0 Å². The fraction of sp³-hybridized carbons (Fsp3) is 0.917. The van der Waals surface area contributed by atoms with E-state index in [0.717, 1.165) is 39.0 Å². The van der Waals surface area contributed by atoms with Crippen LogP contribution in [0.3, 0.4) is 0 Å². The van der Waals surface area contributed by atoms with Crippen molar-refractivity contribution in [1.82, 2.24) is 10.2 Å². The summed E-state index contributed by atoms with van der Waals surface area (Å²) in [5.41, 5.74) is 0. The summed E-state index contributed by atoms with van der Waals surface area (Å²) in [5, 5.41) is 3.34. The average Bonchev–Trinajstić information content (AvgIpc) is 2.30. The van der Waals surface area contributed by atoms with Crippen LogP contribution in [-0.2, 0) is 4.79 Å². The fourth-order valence-electron chi connectivity index (χ4n) is 2.37. The Morgan fingerprint density at radius 2 is 1.87 bits per heavy atom. The van der Waals surface area contributed by atoms with Gasteiger partial charge < -0.3 is 10.2 Å². The molecule has 1 atom stereocenters. The van der Waals surface area contributed by atoms with Crippen LogP contribution in [0.4, 0.5) is 0 Å². The zero-order valence-electron chi connectivity index (χ0n) is 10.3. The standard InChI is InChI=1S/C12H24N2O/c1-4-14(5-2)12(15)10(3)11-6-8-13-9-7-11/h10-11,13H,4-9H2,1-3H3. The number of nitrogens with zero attached hydrogens (tertiary/aromatic N) is 1. The number of piperidine rings is 1. The molecule has 0 aromatic heterocycles. The van der Waals surface area contributed by atoms with E-state index in [2.05, 4.69) is 26.1 Å². The number of carbonyl (C=O) groups is 1. The average molecular weight is 212 g/mol. The highest BCUT2D eigenvalue weighted by atomic mass is 16.2. The Bertz CT molecular complexity index is 196. The third kappa shape index (κ3) is 3.20. The van der Waals surface area contributed by atoms with Crippen molar-refractivity contribution in [3.63, 3.8) is 0 Å². The predicted molar refractivity (Wildman–Crippen MR) is 62.7 cm³/mol. The van der Waals surface area contributed by atoms with Gasteiger partial charge in [-0.25, -0.2) is 0 Å². The van der Waals surface area contributed by atoms with Gasteiger partial charge in [0, 0.05) is 19.0 Å². The minimum atomic E-state index is 0.201. The molecular weight excluding hydrogens is 188 g/mol. The number of hydrogen-bond acceptors (Lipinski definition) is 2. The first-order valence-electron chi connectivity index (χ1n) is 6.20. The quantitative estimate of drug-likeness (QED) is 0.766. The van der Waals surface area contributed by atoms with Crippen LogP contribution in [0, 0.1) is 11.8 Å². The van der Waals surface area contributed by atoms with Crippen molar-refractivity contribution >= 4 is 5.91 Å². The molecule has 1 aliphatic rings. The van der Waals surface area contributed by atoms with Crippen LogP contribution in [0.1, 0.15) is 33.6 Å². The van der Waals surface area contributed by atoms with Crippen LogP contribution in [0.25, 0.3) is 0 Å². The highest BCUT2D eigenvalue weighted by molar-refractivity contribution is 5.78. The maximum Gasteiger partial charge on any atom is 0.225 e. The van der Waals surface area contributed by atoms with E-state index in [-0.39, 0.29) is 5.92 Å². The minimum absolute atomic E-state index is 0.201. The van der Waals surface area contributed by atoms with E-state index in [0.29, 0.717) is 11.8 Å². The molecule has 0 spiro atoms. The lowest BCUT2D eigenvalue weighted by Crippen LogP contribution is -2.40. The Balaban J connectivity index is 2.49. The molecule has 1 rings (SSSR count). The molecule has 0 saturated carbocycles. The highest BCUT2D eigenvalue weighted by Gasteiger charge is 2.27. The summed E-state index contributed by atoms with van der Waals surface area (Å²) < 4.78 is 0. The summed E-state index contributed by atoms with van der Waals surface area (Å²) in [7, 11) is 0. The summed E-state index contributed by atoms with van der Waals surface area (Å²) in [5.74, 6) is 1.12. The molecule has 1 N–H and O–H groups in total. The van der Waals surface area contributed by atoms with Gasteiger partial charge in [-0.2, -0.15) is 0 Å². The summed E-state index contributed by atoms with van der Waals surface area (Å²) >= 11 is 0. The van der Waals surface area contributed by atoms with E-state index >= 15 is 0 Å². The van der Waals surface area contributed by atoms with Gasteiger partial charge in [0.1, 0.15) is 0 Å². The van der Waals surface area contributed by atoms with Gasteiger partial charge in [-0.3, -0.25) is 4.79 Å². The second-order valence-electron chi connectivity index (χ2n) is 4.39. The molecule has 1 amide bonds. The van der Waals surface area contributed by atoms with Crippen LogP contribution in [0.2, 0.25) is 0 Å². The van der Waals surface area contributed by atoms with E-state index in [9.17, 15) is 4.79 Å². The topological polar surface area (TPSA) is 32.3 Å². The number of hydrogen-bond donors (Lipinski definition) is 1. The van der Waals surface area contributed by atoms with Crippen molar-refractivity contribution in [1.29, 1.82) is 0 Å². The molecule has 1 fully saturated rings. The number of nitrogens with one attached hydrogen (secondary N) is 1. The van der Waals surface area contributed by atoms with Gasteiger partial charge in [-0.15, -0.1) is 0 Å². The fourth-order valence-corrected chi connectivity index (χ4v) is 2.37.